The van der Waals surface area contributed by atoms with Gasteiger partial charge in [0.15, 0.2) is 5.82 Å². The predicted octanol–water partition coefficient (Wildman–Crippen LogP) is 2.71. The first-order chi connectivity index (χ1) is 13.8. The van der Waals surface area contributed by atoms with E-state index in [1.165, 1.54) is 0 Å². The number of rotatable bonds is 3. The molecule has 1 atom stereocenters. The number of piperidine rings is 1. The molecule has 5 heterocycles. The molecule has 2 aliphatic rings. The van der Waals surface area contributed by atoms with Crippen LogP contribution in [0.5, 0.6) is 0 Å². The van der Waals surface area contributed by atoms with Crippen molar-refractivity contribution >= 4 is 16.9 Å². The molecule has 0 spiro atoms. The largest absolute Gasteiger partial charge is 0.377 e. The van der Waals surface area contributed by atoms with Gasteiger partial charge in [-0.15, -0.1) is 0 Å². The molecule has 0 radical (unpaired) electrons. The maximum atomic E-state index is 5.64. The fraction of sp³-hybridized carbons (Fsp3) is 0.476. The van der Waals surface area contributed by atoms with Gasteiger partial charge in [-0.1, -0.05) is 0 Å². The first kappa shape index (κ1) is 17.6. The average molecular weight is 378 g/mol. The molecule has 0 aromatic carbocycles. The second kappa shape index (κ2) is 7.48. The summed E-state index contributed by atoms with van der Waals surface area (Å²) in [5, 5.41) is 4.51. The van der Waals surface area contributed by atoms with Crippen molar-refractivity contribution in [1.29, 1.82) is 0 Å². The molecule has 0 amide bonds. The Labute approximate surface area is 164 Å². The topological polar surface area (TPSA) is 79.0 Å². The molecular weight excluding hydrogens is 352 g/mol. The van der Waals surface area contributed by atoms with E-state index < -0.39 is 0 Å². The lowest BCUT2D eigenvalue weighted by Gasteiger charge is -2.35. The zero-order chi connectivity index (χ0) is 18.9. The van der Waals surface area contributed by atoms with Crippen molar-refractivity contribution in [2.45, 2.75) is 31.7 Å². The fourth-order valence-electron chi connectivity index (χ4n) is 4.27. The monoisotopic (exact) mass is 378 g/mol. The first-order valence-corrected chi connectivity index (χ1v) is 10.2. The van der Waals surface area contributed by atoms with Gasteiger partial charge in [-0.25, -0.2) is 15.0 Å². The summed E-state index contributed by atoms with van der Waals surface area (Å²) in [6, 6.07) is 6.58. The second-order valence-corrected chi connectivity index (χ2v) is 7.71. The van der Waals surface area contributed by atoms with Crippen molar-refractivity contribution in [2.75, 3.05) is 37.7 Å². The Morgan fingerprint density at radius 2 is 2.07 bits per heavy atom. The predicted molar refractivity (Wildman–Crippen MR) is 110 cm³/mol. The summed E-state index contributed by atoms with van der Waals surface area (Å²) in [6.07, 6.45) is 5.98. The molecule has 5 rings (SSSR count). The van der Waals surface area contributed by atoms with E-state index in [0.717, 1.165) is 79.6 Å². The number of fused-ring (bicyclic) bond motifs is 1. The molecule has 2 aliphatic heterocycles. The number of ether oxygens (including phenoxy) is 1. The number of nitrogens with zero attached hydrogens (tertiary/aromatic N) is 4. The van der Waals surface area contributed by atoms with Gasteiger partial charge in [-0.3, -0.25) is 0 Å². The van der Waals surface area contributed by atoms with Crippen LogP contribution in [0.25, 0.3) is 22.4 Å². The summed E-state index contributed by atoms with van der Waals surface area (Å²) >= 11 is 0. The van der Waals surface area contributed by atoms with Gasteiger partial charge in [0.05, 0.1) is 19.3 Å². The van der Waals surface area contributed by atoms with Crippen LogP contribution in [0.2, 0.25) is 0 Å². The third-order valence-corrected chi connectivity index (χ3v) is 5.85. The SMILES string of the molecule is CC1COCCN1c1cc(C2CCNCC2)nc(-c2ccnc3[nH]ccc23)n1. The molecule has 2 saturated heterocycles. The minimum atomic E-state index is 0.307. The first-order valence-electron chi connectivity index (χ1n) is 10.2. The molecule has 3 aromatic rings. The van der Waals surface area contributed by atoms with Crippen LogP contribution in [0.4, 0.5) is 5.82 Å². The molecular formula is C21H26N6O. The summed E-state index contributed by atoms with van der Waals surface area (Å²) in [7, 11) is 0. The number of H-pyrrole nitrogens is 1. The van der Waals surface area contributed by atoms with Gasteiger partial charge in [0.25, 0.3) is 0 Å². The summed E-state index contributed by atoms with van der Waals surface area (Å²) in [4.78, 5) is 20.0. The lowest BCUT2D eigenvalue weighted by Crippen LogP contribution is -2.44. The van der Waals surface area contributed by atoms with Crippen LogP contribution in [0, 0.1) is 0 Å². The normalized spacial score (nSPS) is 21.3. The van der Waals surface area contributed by atoms with Crippen molar-refractivity contribution in [3.8, 4) is 11.4 Å². The summed E-state index contributed by atoms with van der Waals surface area (Å²) in [5.74, 6) is 2.27. The van der Waals surface area contributed by atoms with Crippen molar-refractivity contribution in [2.24, 2.45) is 0 Å². The van der Waals surface area contributed by atoms with E-state index in [9.17, 15) is 0 Å². The van der Waals surface area contributed by atoms with E-state index in [1.54, 1.807) is 0 Å². The third kappa shape index (κ3) is 3.25. The average Bonchev–Trinajstić information content (AvgIpc) is 3.23. The quantitative estimate of drug-likeness (QED) is 0.730. The van der Waals surface area contributed by atoms with Crippen molar-refractivity contribution in [1.82, 2.24) is 25.3 Å². The van der Waals surface area contributed by atoms with E-state index >= 15 is 0 Å². The van der Waals surface area contributed by atoms with Gasteiger partial charge in [0.2, 0.25) is 0 Å². The molecule has 28 heavy (non-hydrogen) atoms. The summed E-state index contributed by atoms with van der Waals surface area (Å²) in [5.41, 5.74) is 3.06. The van der Waals surface area contributed by atoms with Gasteiger partial charge < -0.3 is 19.9 Å². The number of hydrogen-bond donors (Lipinski definition) is 2. The smallest absolute Gasteiger partial charge is 0.162 e. The molecule has 1 unspecified atom stereocenters. The van der Waals surface area contributed by atoms with E-state index in [0.29, 0.717) is 12.0 Å². The van der Waals surface area contributed by atoms with E-state index in [4.69, 9.17) is 14.7 Å². The van der Waals surface area contributed by atoms with Crippen LogP contribution in [0.15, 0.2) is 30.6 Å². The molecule has 7 heteroatoms. The lowest BCUT2D eigenvalue weighted by molar-refractivity contribution is 0.0985. The molecule has 0 saturated carbocycles. The highest BCUT2D eigenvalue weighted by Gasteiger charge is 2.25. The van der Waals surface area contributed by atoms with Crippen LogP contribution in [0.3, 0.4) is 0 Å². The lowest BCUT2D eigenvalue weighted by atomic mass is 9.94. The Hall–Kier alpha value is -2.51. The van der Waals surface area contributed by atoms with Gasteiger partial charge in [-0.2, -0.15) is 0 Å². The Bertz CT molecular complexity index is 964. The Morgan fingerprint density at radius 1 is 1.18 bits per heavy atom. The van der Waals surface area contributed by atoms with Gasteiger partial charge in [0.1, 0.15) is 11.5 Å². The van der Waals surface area contributed by atoms with Crippen LogP contribution >= 0.6 is 0 Å². The highest BCUT2D eigenvalue weighted by Crippen LogP contribution is 2.32. The zero-order valence-corrected chi connectivity index (χ0v) is 16.2. The van der Waals surface area contributed by atoms with Crippen molar-refractivity contribution in [3.63, 3.8) is 0 Å². The van der Waals surface area contributed by atoms with E-state index in [2.05, 4.69) is 39.2 Å². The number of aromatic amines is 1. The number of morpholine rings is 1. The molecule has 0 bridgehead atoms. The third-order valence-electron chi connectivity index (χ3n) is 5.85. The number of pyridine rings is 1. The standard InChI is InChI=1S/C21H26N6O/c1-14-13-28-11-10-27(14)19-12-18(15-2-6-22-7-3-15)25-21(26-19)17-5-9-24-20-16(17)4-8-23-20/h4-5,8-9,12,14-15,22H,2-3,6-7,10-11,13H2,1H3,(H,23,24). The Morgan fingerprint density at radius 3 is 2.93 bits per heavy atom. The maximum Gasteiger partial charge on any atom is 0.162 e. The van der Waals surface area contributed by atoms with Crippen LogP contribution in [0.1, 0.15) is 31.4 Å². The highest BCUT2D eigenvalue weighted by molar-refractivity contribution is 5.91. The minimum absolute atomic E-state index is 0.307. The molecule has 7 nitrogen and oxygen atoms in total. The molecule has 146 valence electrons. The van der Waals surface area contributed by atoms with Crippen LogP contribution in [-0.4, -0.2) is 58.8 Å². The number of aromatic nitrogens is 4. The highest BCUT2D eigenvalue weighted by atomic mass is 16.5. The Kier molecular flexibility index (Phi) is 4.70. The number of nitrogens with one attached hydrogen (secondary N) is 2. The number of hydrogen-bond acceptors (Lipinski definition) is 6. The van der Waals surface area contributed by atoms with Gasteiger partial charge in [0, 0.05) is 47.6 Å². The van der Waals surface area contributed by atoms with Crippen LogP contribution < -0.4 is 10.2 Å². The minimum Gasteiger partial charge on any atom is -0.377 e. The molecule has 3 aromatic heterocycles. The van der Waals surface area contributed by atoms with Gasteiger partial charge >= 0.3 is 0 Å². The number of anilines is 1. The zero-order valence-electron chi connectivity index (χ0n) is 16.2. The Balaban J connectivity index is 1.63. The van der Waals surface area contributed by atoms with E-state index in [1.807, 2.05) is 18.5 Å². The molecule has 2 fully saturated rings. The van der Waals surface area contributed by atoms with E-state index in [-0.39, 0.29) is 0 Å². The second-order valence-electron chi connectivity index (χ2n) is 7.71. The van der Waals surface area contributed by atoms with Crippen molar-refractivity contribution < 1.29 is 4.74 Å². The molecule has 0 aliphatic carbocycles. The van der Waals surface area contributed by atoms with Crippen molar-refractivity contribution in [3.05, 3.63) is 36.3 Å². The maximum absolute atomic E-state index is 5.64. The summed E-state index contributed by atoms with van der Waals surface area (Å²) in [6.45, 7) is 6.62. The summed E-state index contributed by atoms with van der Waals surface area (Å²) < 4.78 is 5.64. The molecule has 2 N–H and O–H groups in total. The fourth-order valence-corrected chi connectivity index (χ4v) is 4.27. The van der Waals surface area contributed by atoms with Gasteiger partial charge in [-0.05, 0) is 45.0 Å². The van der Waals surface area contributed by atoms with Crippen LogP contribution in [-0.2, 0) is 4.74 Å².